The second kappa shape index (κ2) is 11.8. The molecule has 0 unspecified atom stereocenters. The number of rotatable bonds is 6. The Hall–Kier alpha value is -5.53. The number of aryl methyl sites for hydroxylation is 2. The third-order valence-corrected chi connectivity index (χ3v) is 9.22. The molecule has 8 rings (SSSR count). The molecule has 0 saturated heterocycles. The zero-order valence-electron chi connectivity index (χ0n) is 26.3. The molecule has 0 saturated carbocycles. The molecule has 8 aromatic rings. The summed E-state index contributed by atoms with van der Waals surface area (Å²) in [5.41, 5.74) is 12.0. The maximum Gasteiger partial charge on any atom is 0.0705 e. The maximum atomic E-state index is 4.74. The lowest BCUT2D eigenvalue weighted by Gasteiger charge is -2.18. The molecular weight excluding hydrogens is 555 g/mol. The van der Waals surface area contributed by atoms with Crippen LogP contribution in [0.5, 0.6) is 0 Å². The molecule has 0 atom stereocenters. The smallest absolute Gasteiger partial charge is 0.0705 e. The fourth-order valence-electron chi connectivity index (χ4n) is 7.04. The Balaban J connectivity index is 1.26. The van der Waals surface area contributed by atoms with Gasteiger partial charge in [-0.15, -0.1) is 0 Å². The van der Waals surface area contributed by atoms with E-state index in [-0.39, 0.29) is 0 Å². The van der Waals surface area contributed by atoms with E-state index in [0.29, 0.717) is 0 Å². The molecule has 0 aliphatic rings. The lowest BCUT2D eigenvalue weighted by molar-refractivity contribution is 0.924. The summed E-state index contributed by atoms with van der Waals surface area (Å²) in [6.45, 7) is 4.28. The molecule has 1 nitrogen and oxygen atoms in total. The van der Waals surface area contributed by atoms with E-state index >= 15 is 0 Å². The van der Waals surface area contributed by atoms with Crippen molar-refractivity contribution in [3.05, 3.63) is 163 Å². The molecular formula is C45H35N. The first-order chi connectivity index (χ1) is 22.7. The normalized spacial score (nSPS) is 11.4. The molecule has 220 valence electrons. The van der Waals surface area contributed by atoms with Crippen molar-refractivity contribution in [1.29, 1.82) is 0 Å². The van der Waals surface area contributed by atoms with Crippen LogP contribution in [0.1, 0.15) is 24.6 Å². The highest BCUT2D eigenvalue weighted by Gasteiger charge is 2.17. The van der Waals surface area contributed by atoms with Crippen molar-refractivity contribution in [2.24, 2.45) is 0 Å². The summed E-state index contributed by atoms with van der Waals surface area (Å²) in [5.74, 6) is 0. The third kappa shape index (κ3) is 5.04. The van der Waals surface area contributed by atoms with E-state index in [4.69, 9.17) is 4.98 Å². The van der Waals surface area contributed by atoms with Crippen LogP contribution in [0, 0.1) is 6.92 Å². The highest BCUT2D eigenvalue weighted by Crippen LogP contribution is 2.44. The number of benzene rings is 7. The lowest BCUT2D eigenvalue weighted by Crippen LogP contribution is -1.91. The summed E-state index contributed by atoms with van der Waals surface area (Å²) in [6.07, 6.45) is 2.26. The van der Waals surface area contributed by atoms with Crippen LogP contribution in [0.25, 0.3) is 77.0 Å². The standard InChI is InChI=1S/C45H35N/c1-3-10-31-19-20-33-23-26-37(29-38(33)27-31)45-41-16-6-4-14-39(41)44(40-15-5-7-17-42(40)45)34-24-21-32(22-25-34)35-12-9-13-36(28-35)43-18-8-11-30(2)46-43/h4-9,11-29H,3,10H2,1-2H3. The zero-order valence-corrected chi connectivity index (χ0v) is 26.3. The lowest BCUT2D eigenvalue weighted by atomic mass is 9.85. The molecule has 46 heavy (non-hydrogen) atoms. The van der Waals surface area contributed by atoms with Crippen LogP contribution >= 0.6 is 0 Å². The van der Waals surface area contributed by atoms with Gasteiger partial charge in [0, 0.05) is 11.3 Å². The molecule has 0 amide bonds. The van der Waals surface area contributed by atoms with Crippen molar-refractivity contribution in [3.63, 3.8) is 0 Å². The SMILES string of the molecule is CCCc1ccc2ccc(-c3c4ccccc4c(-c4ccc(-c5cccc(-c6cccc(C)n6)c5)cc4)c4ccccc34)cc2c1. The Morgan fingerprint density at radius 3 is 1.70 bits per heavy atom. The summed E-state index contributed by atoms with van der Waals surface area (Å²) in [5, 5.41) is 7.70. The van der Waals surface area contributed by atoms with Gasteiger partial charge in [0.2, 0.25) is 0 Å². The summed E-state index contributed by atoms with van der Waals surface area (Å²) >= 11 is 0. The Bertz CT molecular complexity index is 2320. The minimum Gasteiger partial charge on any atom is -0.253 e. The van der Waals surface area contributed by atoms with E-state index < -0.39 is 0 Å². The number of nitrogens with zero attached hydrogens (tertiary/aromatic N) is 1. The maximum absolute atomic E-state index is 4.74. The Morgan fingerprint density at radius 1 is 0.435 bits per heavy atom. The van der Waals surface area contributed by atoms with Gasteiger partial charge in [0.1, 0.15) is 0 Å². The Labute approximate surface area is 270 Å². The highest BCUT2D eigenvalue weighted by atomic mass is 14.7. The van der Waals surface area contributed by atoms with E-state index in [1.807, 2.05) is 13.0 Å². The van der Waals surface area contributed by atoms with Crippen LogP contribution < -0.4 is 0 Å². The topological polar surface area (TPSA) is 12.9 Å². The van der Waals surface area contributed by atoms with Gasteiger partial charge in [-0.05, 0) is 109 Å². The zero-order chi connectivity index (χ0) is 31.0. The quantitative estimate of drug-likeness (QED) is 0.176. The molecule has 0 radical (unpaired) electrons. The van der Waals surface area contributed by atoms with Gasteiger partial charge in [0.05, 0.1) is 5.69 Å². The third-order valence-electron chi connectivity index (χ3n) is 9.22. The predicted octanol–water partition coefficient (Wildman–Crippen LogP) is 12.5. The molecule has 1 heterocycles. The van der Waals surface area contributed by atoms with Crippen LogP contribution in [0.3, 0.4) is 0 Å². The molecule has 1 heteroatoms. The van der Waals surface area contributed by atoms with Crippen LogP contribution in [-0.2, 0) is 6.42 Å². The van der Waals surface area contributed by atoms with Crippen molar-refractivity contribution >= 4 is 32.3 Å². The first kappa shape index (κ1) is 28.0. The first-order valence-corrected chi connectivity index (χ1v) is 16.3. The number of hydrogen-bond acceptors (Lipinski definition) is 1. The van der Waals surface area contributed by atoms with E-state index in [1.54, 1.807) is 0 Å². The van der Waals surface area contributed by atoms with Gasteiger partial charge in [0.15, 0.2) is 0 Å². The Morgan fingerprint density at radius 2 is 1.02 bits per heavy atom. The number of hydrogen-bond donors (Lipinski definition) is 0. The summed E-state index contributed by atoms with van der Waals surface area (Å²) in [4.78, 5) is 4.74. The molecule has 0 aliphatic heterocycles. The number of pyridine rings is 1. The van der Waals surface area contributed by atoms with Gasteiger partial charge in [-0.25, -0.2) is 0 Å². The average molecular weight is 590 g/mol. The molecule has 0 N–H and O–H groups in total. The average Bonchev–Trinajstić information content (AvgIpc) is 3.10. The molecule has 7 aromatic carbocycles. The fraction of sp³-hybridized carbons (Fsp3) is 0.0889. The van der Waals surface area contributed by atoms with Crippen LogP contribution in [0.2, 0.25) is 0 Å². The van der Waals surface area contributed by atoms with Crippen molar-refractivity contribution < 1.29 is 0 Å². The van der Waals surface area contributed by atoms with Crippen molar-refractivity contribution in [1.82, 2.24) is 4.98 Å². The van der Waals surface area contributed by atoms with Crippen molar-refractivity contribution in [2.75, 3.05) is 0 Å². The van der Waals surface area contributed by atoms with Crippen molar-refractivity contribution in [2.45, 2.75) is 26.7 Å². The monoisotopic (exact) mass is 589 g/mol. The van der Waals surface area contributed by atoms with E-state index in [2.05, 4.69) is 153 Å². The molecule has 1 aromatic heterocycles. The van der Waals surface area contributed by atoms with Gasteiger partial charge in [-0.3, -0.25) is 4.98 Å². The summed E-state index contributed by atoms with van der Waals surface area (Å²) in [6, 6.07) is 55.7. The number of aromatic nitrogens is 1. The van der Waals surface area contributed by atoms with Crippen LogP contribution in [0.15, 0.2) is 152 Å². The van der Waals surface area contributed by atoms with Crippen molar-refractivity contribution in [3.8, 4) is 44.6 Å². The molecule has 0 fully saturated rings. The first-order valence-electron chi connectivity index (χ1n) is 16.3. The van der Waals surface area contributed by atoms with E-state index in [9.17, 15) is 0 Å². The van der Waals surface area contributed by atoms with Crippen LogP contribution in [0.4, 0.5) is 0 Å². The van der Waals surface area contributed by atoms with E-state index in [0.717, 1.165) is 29.8 Å². The Kier molecular flexibility index (Phi) is 7.15. The van der Waals surface area contributed by atoms with Gasteiger partial charge in [-0.2, -0.15) is 0 Å². The van der Waals surface area contributed by atoms with E-state index in [1.165, 1.54) is 71.3 Å². The van der Waals surface area contributed by atoms with Gasteiger partial charge < -0.3 is 0 Å². The minimum atomic E-state index is 1.00. The second-order valence-corrected chi connectivity index (χ2v) is 12.3. The minimum absolute atomic E-state index is 1.00. The fourth-order valence-corrected chi connectivity index (χ4v) is 7.04. The summed E-state index contributed by atoms with van der Waals surface area (Å²) < 4.78 is 0. The van der Waals surface area contributed by atoms with Gasteiger partial charge in [0.25, 0.3) is 0 Å². The molecule has 0 spiro atoms. The molecule has 0 aliphatic carbocycles. The second-order valence-electron chi connectivity index (χ2n) is 12.3. The largest absolute Gasteiger partial charge is 0.253 e. The van der Waals surface area contributed by atoms with Gasteiger partial charge in [-0.1, -0.05) is 141 Å². The van der Waals surface area contributed by atoms with Gasteiger partial charge >= 0.3 is 0 Å². The number of fused-ring (bicyclic) bond motifs is 3. The molecule has 0 bridgehead atoms. The highest BCUT2D eigenvalue weighted by molar-refractivity contribution is 6.21. The van der Waals surface area contributed by atoms with Crippen LogP contribution in [-0.4, -0.2) is 4.98 Å². The predicted molar refractivity (Wildman–Crippen MR) is 197 cm³/mol. The summed E-state index contributed by atoms with van der Waals surface area (Å²) in [7, 11) is 0.